The van der Waals surface area contributed by atoms with Crippen molar-refractivity contribution in [3.8, 4) is 0 Å². The van der Waals surface area contributed by atoms with Gasteiger partial charge in [0.05, 0.1) is 11.8 Å². The summed E-state index contributed by atoms with van der Waals surface area (Å²) in [6.07, 6.45) is 4.09. The zero-order valence-electron chi connectivity index (χ0n) is 8.95. The van der Waals surface area contributed by atoms with Gasteiger partial charge in [-0.2, -0.15) is 4.99 Å². The van der Waals surface area contributed by atoms with Gasteiger partial charge in [-0.25, -0.2) is 4.79 Å². The number of ether oxygens (including phenoxy) is 1. The van der Waals surface area contributed by atoms with E-state index in [1.807, 2.05) is 6.20 Å². The molecule has 16 heavy (non-hydrogen) atoms. The van der Waals surface area contributed by atoms with Crippen molar-refractivity contribution in [2.75, 3.05) is 6.61 Å². The maximum atomic E-state index is 11.6. The van der Waals surface area contributed by atoms with Crippen LogP contribution in [0.15, 0.2) is 11.2 Å². The molecule has 1 heterocycles. The Bertz CT molecular complexity index is 457. The van der Waals surface area contributed by atoms with Crippen molar-refractivity contribution < 1.29 is 9.53 Å². The van der Waals surface area contributed by atoms with Crippen molar-refractivity contribution >= 4 is 29.0 Å². The first-order valence-electron chi connectivity index (χ1n) is 5.24. The molecule has 0 atom stereocenters. The van der Waals surface area contributed by atoms with Gasteiger partial charge in [0.15, 0.2) is 5.69 Å². The van der Waals surface area contributed by atoms with Crippen LogP contribution < -0.4 is 0 Å². The third-order valence-electron chi connectivity index (χ3n) is 2.54. The van der Waals surface area contributed by atoms with E-state index in [0.29, 0.717) is 23.9 Å². The summed E-state index contributed by atoms with van der Waals surface area (Å²) in [6, 6.07) is 0. The summed E-state index contributed by atoms with van der Waals surface area (Å²) in [5, 5.41) is 2.31. The lowest BCUT2D eigenvalue weighted by molar-refractivity contribution is 0.0521. The van der Waals surface area contributed by atoms with Crippen molar-refractivity contribution in [1.82, 2.24) is 4.98 Å². The van der Waals surface area contributed by atoms with Crippen LogP contribution in [0.1, 0.15) is 41.7 Å². The Morgan fingerprint density at radius 2 is 2.50 bits per heavy atom. The Labute approximate surface area is 98.7 Å². The SMILES string of the molecule is CCOC(=O)c1[nH]cc(C2CC2)c1N=C=S. The molecule has 0 aromatic carbocycles. The summed E-state index contributed by atoms with van der Waals surface area (Å²) in [7, 11) is 0. The van der Waals surface area contributed by atoms with Gasteiger partial charge in [-0.05, 0) is 37.9 Å². The van der Waals surface area contributed by atoms with E-state index in [-0.39, 0.29) is 0 Å². The molecule has 0 spiro atoms. The normalized spacial score (nSPS) is 14.3. The fourth-order valence-corrected chi connectivity index (χ4v) is 1.75. The smallest absolute Gasteiger partial charge is 0.357 e. The summed E-state index contributed by atoms with van der Waals surface area (Å²) < 4.78 is 4.94. The van der Waals surface area contributed by atoms with Crippen LogP contribution in [0.25, 0.3) is 0 Å². The number of aliphatic imine (C=N–C) groups is 1. The molecule has 0 aliphatic heterocycles. The van der Waals surface area contributed by atoms with Crippen LogP contribution in [0.4, 0.5) is 5.69 Å². The summed E-state index contributed by atoms with van der Waals surface area (Å²) in [6.45, 7) is 2.11. The van der Waals surface area contributed by atoms with Crippen molar-refractivity contribution in [3.05, 3.63) is 17.5 Å². The third kappa shape index (κ3) is 2.05. The molecule has 0 bridgehead atoms. The monoisotopic (exact) mass is 236 g/mol. The van der Waals surface area contributed by atoms with E-state index in [1.165, 1.54) is 0 Å². The molecule has 84 valence electrons. The molecule has 0 radical (unpaired) electrons. The molecule has 1 N–H and O–H groups in total. The number of carbonyl (C=O) groups excluding carboxylic acids is 1. The lowest BCUT2D eigenvalue weighted by Crippen LogP contribution is -2.05. The highest BCUT2D eigenvalue weighted by Gasteiger charge is 2.30. The lowest BCUT2D eigenvalue weighted by Gasteiger charge is -2.00. The first-order valence-corrected chi connectivity index (χ1v) is 5.65. The molecule has 1 aromatic heterocycles. The zero-order chi connectivity index (χ0) is 11.5. The Kier molecular flexibility index (Phi) is 3.17. The Hall–Kier alpha value is -1.45. The van der Waals surface area contributed by atoms with Gasteiger partial charge in [0.2, 0.25) is 0 Å². The fraction of sp³-hybridized carbons (Fsp3) is 0.455. The second kappa shape index (κ2) is 4.60. The molecular weight excluding hydrogens is 224 g/mol. The predicted molar refractivity (Wildman–Crippen MR) is 63.4 cm³/mol. The molecule has 1 aliphatic rings. The van der Waals surface area contributed by atoms with E-state index < -0.39 is 5.97 Å². The number of isothiocyanates is 1. The number of hydrogen-bond acceptors (Lipinski definition) is 4. The highest BCUT2D eigenvalue weighted by molar-refractivity contribution is 7.78. The standard InChI is InChI=1S/C11H12N2O2S/c1-2-15-11(14)10-9(13-6-16)8(5-12-10)7-3-4-7/h5,7,12H,2-4H2,1H3. The minimum Gasteiger partial charge on any atom is -0.461 e. The average molecular weight is 236 g/mol. The number of carbonyl (C=O) groups is 1. The molecule has 4 nitrogen and oxygen atoms in total. The summed E-state index contributed by atoms with van der Waals surface area (Å²) in [5.74, 6) is 0.111. The van der Waals surface area contributed by atoms with Gasteiger partial charge >= 0.3 is 5.97 Å². The van der Waals surface area contributed by atoms with Gasteiger partial charge in [0.1, 0.15) is 5.69 Å². The van der Waals surface area contributed by atoms with E-state index in [0.717, 1.165) is 18.4 Å². The van der Waals surface area contributed by atoms with Crippen molar-refractivity contribution in [1.29, 1.82) is 0 Å². The minimum absolute atomic E-state index is 0.345. The lowest BCUT2D eigenvalue weighted by atomic mass is 10.2. The number of thiocarbonyl (C=S) groups is 1. The van der Waals surface area contributed by atoms with Crippen molar-refractivity contribution in [3.63, 3.8) is 0 Å². The largest absolute Gasteiger partial charge is 0.461 e. The number of rotatable bonds is 4. The van der Waals surface area contributed by atoms with E-state index >= 15 is 0 Å². The molecular formula is C11H12N2O2S. The molecule has 0 unspecified atom stereocenters. The van der Waals surface area contributed by atoms with E-state index in [4.69, 9.17) is 4.74 Å². The molecule has 0 saturated heterocycles. The molecule has 0 amide bonds. The first kappa shape index (κ1) is 11.0. The molecule has 1 fully saturated rings. The summed E-state index contributed by atoms with van der Waals surface area (Å²) in [4.78, 5) is 18.5. The van der Waals surface area contributed by atoms with Gasteiger partial charge in [0.25, 0.3) is 0 Å². The van der Waals surface area contributed by atoms with E-state index in [9.17, 15) is 4.79 Å². The molecule has 2 rings (SSSR count). The highest BCUT2D eigenvalue weighted by Crippen LogP contribution is 2.45. The topological polar surface area (TPSA) is 54.5 Å². The Morgan fingerprint density at radius 1 is 1.75 bits per heavy atom. The Balaban J connectivity index is 2.36. The van der Waals surface area contributed by atoms with Gasteiger partial charge < -0.3 is 9.72 Å². The highest BCUT2D eigenvalue weighted by atomic mass is 32.1. The van der Waals surface area contributed by atoms with E-state index in [2.05, 4.69) is 27.4 Å². The number of nitrogens with one attached hydrogen (secondary N) is 1. The number of aromatic amines is 1. The van der Waals surface area contributed by atoms with Gasteiger partial charge in [-0.3, -0.25) is 0 Å². The summed E-state index contributed by atoms with van der Waals surface area (Å²) >= 11 is 4.59. The van der Waals surface area contributed by atoms with Crippen LogP contribution in [0.5, 0.6) is 0 Å². The van der Waals surface area contributed by atoms with Crippen molar-refractivity contribution in [2.45, 2.75) is 25.7 Å². The number of H-pyrrole nitrogens is 1. The number of aromatic nitrogens is 1. The van der Waals surface area contributed by atoms with E-state index in [1.54, 1.807) is 6.92 Å². The Morgan fingerprint density at radius 3 is 3.06 bits per heavy atom. The average Bonchev–Trinajstić information content (AvgIpc) is 3.02. The summed E-state index contributed by atoms with van der Waals surface area (Å²) in [5.41, 5.74) is 2.01. The molecule has 1 aliphatic carbocycles. The van der Waals surface area contributed by atoms with Crippen LogP contribution in [0, 0.1) is 0 Å². The van der Waals surface area contributed by atoms with Crippen LogP contribution in [0.3, 0.4) is 0 Å². The first-order chi connectivity index (χ1) is 7.77. The van der Waals surface area contributed by atoms with Crippen LogP contribution in [0.2, 0.25) is 0 Å². The molecule has 1 saturated carbocycles. The minimum atomic E-state index is -0.390. The van der Waals surface area contributed by atoms with Gasteiger partial charge in [-0.1, -0.05) is 0 Å². The number of esters is 1. The zero-order valence-corrected chi connectivity index (χ0v) is 9.76. The number of hydrogen-bond donors (Lipinski definition) is 1. The fourth-order valence-electron chi connectivity index (χ4n) is 1.66. The van der Waals surface area contributed by atoms with Gasteiger partial charge in [-0.15, -0.1) is 0 Å². The van der Waals surface area contributed by atoms with Crippen LogP contribution in [-0.4, -0.2) is 22.7 Å². The third-order valence-corrected chi connectivity index (χ3v) is 2.63. The second-order valence-electron chi connectivity index (χ2n) is 3.67. The van der Waals surface area contributed by atoms with Crippen LogP contribution >= 0.6 is 12.2 Å². The molecule has 1 aromatic rings. The van der Waals surface area contributed by atoms with Crippen molar-refractivity contribution in [2.24, 2.45) is 4.99 Å². The predicted octanol–water partition coefficient (Wildman–Crippen LogP) is 2.80. The number of nitrogens with zero attached hydrogens (tertiary/aromatic N) is 1. The maximum absolute atomic E-state index is 11.6. The quantitative estimate of drug-likeness (QED) is 0.497. The maximum Gasteiger partial charge on any atom is 0.357 e. The second-order valence-corrected chi connectivity index (χ2v) is 3.85. The van der Waals surface area contributed by atoms with Gasteiger partial charge in [0, 0.05) is 11.8 Å². The molecule has 5 heteroatoms. The van der Waals surface area contributed by atoms with Crippen LogP contribution in [-0.2, 0) is 4.74 Å².